The molecule has 1 saturated carbocycles. The normalized spacial score (nSPS) is 14.3. The number of hydrogen-bond acceptors (Lipinski definition) is 4. The SMILES string of the molecule is CCCN(CC1CC1)/C(=N\O)c1ccc(C)nc1OCc1ccccc1C. The minimum Gasteiger partial charge on any atom is -0.472 e. The van der Waals surface area contributed by atoms with E-state index in [2.05, 4.69) is 41.0 Å². The molecule has 1 N–H and O–H groups in total. The molecule has 0 amide bonds. The summed E-state index contributed by atoms with van der Waals surface area (Å²) in [6.45, 7) is 8.35. The fourth-order valence-corrected chi connectivity index (χ4v) is 3.18. The van der Waals surface area contributed by atoms with E-state index in [1.165, 1.54) is 18.4 Å². The summed E-state index contributed by atoms with van der Waals surface area (Å²) in [5, 5.41) is 13.4. The van der Waals surface area contributed by atoms with E-state index >= 15 is 0 Å². The molecule has 1 aliphatic rings. The van der Waals surface area contributed by atoms with Gasteiger partial charge in [-0.05, 0) is 62.3 Å². The van der Waals surface area contributed by atoms with E-state index in [0.717, 1.165) is 36.3 Å². The second kappa shape index (κ2) is 8.89. The van der Waals surface area contributed by atoms with Gasteiger partial charge in [0.1, 0.15) is 6.61 Å². The number of aryl methyl sites for hydroxylation is 2. The van der Waals surface area contributed by atoms with Crippen LogP contribution in [0.2, 0.25) is 0 Å². The molecule has 0 spiro atoms. The Morgan fingerprint density at radius 3 is 2.67 bits per heavy atom. The van der Waals surface area contributed by atoms with Gasteiger partial charge in [0.15, 0.2) is 5.84 Å². The van der Waals surface area contributed by atoms with Gasteiger partial charge >= 0.3 is 0 Å². The minimum absolute atomic E-state index is 0.436. The van der Waals surface area contributed by atoms with Crippen LogP contribution in [-0.4, -0.2) is 34.0 Å². The van der Waals surface area contributed by atoms with Crippen molar-refractivity contribution in [2.45, 2.75) is 46.6 Å². The van der Waals surface area contributed by atoms with E-state index in [1.54, 1.807) is 0 Å². The number of benzene rings is 1. The highest BCUT2D eigenvalue weighted by Crippen LogP contribution is 2.31. The number of nitrogens with zero attached hydrogens (tertiary/aromatic N) is 3. The zero-order chi connectivity index (χ0) is 19.2. The molecule has 27 heavy (non-hydrogen) atoms. The molecule has 0 saturated heterocycles. The van der Waals surface area contributed by atoms with Gasteiger partial charge in [0.05, 0.1) is 5.56 Å². The van der Waals surface area contributed by atoms with Crippen molar-refractivity contribution in [1.82, 2.24) is 9.88 Å². The quantitative estimate of drug-likeness (QED) is 0.322. The summed E-state index contributed by atoms with van der Waals surface area (Å²) >= 11 is 0. The third kappa shape index (κ3) is 5.00. The molecular weight excluding hydrogens is 338 g/mol. The first kappa shape index (κ1) is 19.2. The fourth-order valence-electron chi connectivity index (χ4n) is 3.18. The Kier molecular flexibility index (Phi) is 6.32. The molecule has 5 nitrogen and oxygen atoms in total. The van der Waals surface area contributed by atoms with Gasteiger partial charge < -0.3 is 14.8 Å². The third-order valence-electron chi connectivity index (χ3n) is 4.93. The topological polar surface area (TPSA) is 58.0 Å². The number of aromatic nitrogens is 1. The highest BCUT2D eigenvalue weighted by molar-refractivity contribution is 6.00. The van der Waals surface area contributed by atoms with Gasteiger partial charge in [-0.2, -0.15) is 0 Å². The van der Waals surface area contributed by atoms with E-state index in [9.17, 15) is 5.21 Å². The van der Waals surface area contributed by atoms with Crippen LogP contribution < -0.4 is 4.74 Å². The van der Waals surface area contributed by atoms with Crippen LogP contribution in [-0.2, 0) is 6.61 Å². The van der Waals surface area contributed by atoms with Gasteiger partial charge in [0, 0.05) is 18.8 Å². The lowest BCUT2D eigenvalue weighted by Gasteiger charge is -2.25. The maximum atomic E-state index is 9.80. The lowest BCUT2D eigenvalue weighted by Crippen LogP contribution is -2.35. The summed E-state index contributed by atoms with van der Waals surface area (Å²) < 4.78 is 6.09. The van der Waals surface area contributed by atoms with E-state index in [4.69, 9.17) is 4.74 Å². The Labute approximate surface area is 161 Å². The standard InChI is InChI=1S/C22H29N3O2/c1-4-13-25(14-18-10-11-18)21(24-26)20-12-9-17(3)23-22(20)27-15-19-8-6-5-7-16(19)2/h5-9,12,18,26H,4,10-11,13-15H2,1-3H3/b24-21-. The Bertz CT molecular complexity index is 800. The molecule has 1 aromatic carbocycles. The number of ether oxygens (including phenoxy) is 1. The second-order valence-electron chi connectivity index (χ2n) is 7.33. The molecule has 0 atom stereocenters. The highest BCUT2D eigenvalue weighted by atomic mass is 16.5. The lowest BCUT2D eigenvalue weighted by atomic mass is 10.1. The molecule has 0 unspecified atom stereocenters. The number of pyridine rings is 1. The van der Waals surface area contributed by atoms with Gasteiger partial charge in [0.2, 0.25) is 5.88 Å². The summed E-state index contributed by atoms with van der Waals surface area (Å²) in [6, 6.07) is 12.0. The van der Waals surface area contributed by atoms with Crippen molar-refractivity contribution in [2.75, 3.05) is 13.1 Å². The van der Waals surface area contributed by atoms with Crippen molar-refractivity contribution in [3.05, 3.63) is 58.8 Å². The zero-order valence-corrected chi connectivity index (χ0v) is 16.5. The number of hydrogen-bond donors (Lipinski definition) is 1. The monoisotopic (exact) mass is 367 g/mol. The van der Waals surface area contributed by atoms with Gasteiger partial charge in [-0.3, -0.25) is 0 Å². The van der Waals surface area contributed by atoms with E-state index in [-0.39, 0.29) is 0 Å². The van der Waals surface area contributed by atoms with Crippen LogP contribution in [0.5, 0.6) is 5.88 Å². The van der Waals surface area contributed by atoms with Crippen molar-refractivity contribution in [3.63, 3.8) is 0 Å². The largest absolute Gasteiger partial charge is 0.472 e. The number of rotatable bonds is 8. The molecule has 1 aromatic heterocycles. The predicted molar refractivity (Wildman–Crippen MR) is 107 cm³/mol. The Balaban J connectivity index is 1.86. The summed E-state index contributed by atoms with van der Waals surface area (Å²) in [4.78, 5) is 6.74. The molecule has 1 aliphatic carbocycles. The van der Waals surface area contributed by atoms with Crippen LogP contribution in [0, 0.1) is 19.8 Å². The fraction of sp³-hybridized carbons (Fsp3) is 0.455. The smallest absolute Gasteiger partial charge is 0.225 e. The summed E-state index contributed by atoms with van der Waals surface area (Å²) in [5.41, 5.74) is 3.92. The Morgan fingerprint density at radius 1 is 1.22 bits per heavy atom. The summed E-state index contributed by atoms with van der Waals surface area (Å²) in [7, 11) is 0. The molecule has 0 radical (unpaired) electrons. The van der Waals surface area contributed by atoms with Crippen molar-refractivity contribution in [2.24, 2.45) is 11.1 Å². The van der Waals surface area contributed by atoms with Crippen molar-refractivity contribution in [3.8, 4) is 5.88 Å². The van der Waals surface area contributed by atoms with Gasteiger partial charge in [-0.25, -0.2) is 4.98 Å². The first-order valence-corrected chi connectivity index (χ1v) is 9.74. The average molecular weight is 367 g/mol. The van der Waals surface area contributed by atoms with E-state index in [1.807, 2.05) is 31.2 Å². The van der Waals surface area contributed by atoms with Crippen LogP contribution >= 0.6 is 0 Å². The zero-order valence-electron chi connectivity index (χ0n) is 16.5. The third-order valence-corrected chi connectivity index (χ3v) is 4.93. The van der Waals surface area contributed by atoms with Crippen LogP contribution in [0.1, 0.15) is 48.6 Å². The first-order valence-electron chi connectivity index (χ1n) is 9.74. The Morgan fingerprint density at radius 2 is 2.00 bits per heavy atom. The molecule has 2 aromatic rings. The molecule has 1 fully saturated rings. The second-order valence-corrected chi connectivity index (χ2v) is 7.33. The van der Waals surface area contributed by atoms with Crippen LogP contribution in [0.3, 0.4) is 0 Å². The van der Waals surface area contributed by atoms with Crippen LogP contribution in [0.25, 0.3) is 0 Å². The molecular formula is C22H29N3O2. The maximum Gasteiger partial charge on any atom is 0.225 e. The molecule has 1 heterocycles. The van der Waals surface area contributed by atoms with E-state index in [0.29, 0.717) is 24.2 Å². The van der Waals surface area contributed by atoms with Crippen LogP contribution in [0.4, 0.5) is 0 Å². The predicted octanol–water partition coefficient (Wildman–Crippen LogP) is 4.54. The van der Waals surface area contributed by atoms with Gasteiger partial charge in [-0.15, -0.1) is 0 Å². The Hall–Kier alpha value is -2.56. The molecule has 3 rings (SSSR count). The number of amidine groups is 1. The lowest BCUT2D eigenvalue weighted by molar-refractivity contribution is 0.283. The summed E-state index contributed by atoms with van der Waals surface area (Å²) in [6.07, 6.45) is 3.49. The average Bonchev–Trinajstić information content (AvgIpc) is 3.47. The van der Waals surface area contributed by atoms with Crippen molar-refractivity contribution in [1.29, 1.82) is 0 Å². The molecule has 0 bridgehead atoms. The number of oxime groups is 1. The van der Waals surface area contributed by atoms with Gasteiger partial charge in [0.25, 0.3) is 0 Å². The van der Waals surface area contributed by atoms with Crippen LogP contribution in [0.15, 0.2) is 41.6 Å². The highest BCUT2D eigenvalue weighted by Gasteiger charge is 2.28. The van der Waals surface area contributed by atoms with Crippen molar-refractivity contribution >= 4 is 5.84 Å². The van der Waals surface area contributed by atoms with Gasteiger partial charge in [-0.1, -0.05) is 36.3 Å². The van der Waals surface area contributed by atoms with E-state index < -0.39 is 0 Å². The minimum atomic E-state index is 0.436. The van der Waals surface area contributed by atoms with Crippen molar-refractivity contribution < 1.29 is 9.94 Å². The molecule has 0 aliphatic heterocycles. The molecule has 144 valence electrons. The first-order chi connectivity index (χ1) is 13.1. The summed E-state index contributed by atoms with van der Waals surface area (Å²) in [5.74, 6) is 1.77. The molecule has 5 heteroatoms. The maximum absolute atomic E-state index is 9.80.